The second kappa shape index (κ2) is 10.2. The summed E-state index contributed by atoms with van der Waals surface area (Å²) in [6.45, 7) is 11.3. The van der Waals surface area contributed by atoms with Gasteiger partial charge in [0.15, 0.2) is 0 Å². The summed E-state index contributed by atoms with van der Waals surface area (Å²) in [7, 11) is 0. The van der Waals surface area contributed by atoms with Gasteiger partial charge in [0.25, 0.3) is 5.69 Å². The molecule has 31 heavy (non-hydrogen) atoms. The number of hydrogen-bond acceptors (Lipinski definition) is 6. The Kier molecular flexibility index (Phi) is 7.61. The highest BCUT2D eigenvalue weighted by molar-refractivity contribution is 5.94. The zero-order valence-electron chi connectivity index (χ0n) is 18.7. The van der Waals surface area contributed by atoms with Crippen LogP contribution in [0, 0.1) is 28.9 Å². The normalized spacial score (nSPS) is 22.9. The molecule has 2 aliphatic rings. The van der Waals surface area contributed by atoms with Crippen molar-refractivity contribution in [3.63, 3.8) is 0 Å². The maximum absolute atomic E-state index is 12.7. The Balaban J connectivity index is 1.44. The van der Waals surface area contributed by atoms with Gasteiger partial charge in [-0.1, -0.05) is 19.9 Å². The van der Waals surface area contributed by atoms with Crippen LogP contribution in [0.1, 0.15) is 25.8 Å². The first kappa shape index (κ1) is 23.1. The van der Waals surface area contributed by atoms with E-state index in [4.69, 9.17) is 0 Å². The number of nitro benzene ring substituents is 1. The van der Waals surface area contributed by atoms with Crippen LogP contribution in [0.25, 0.3) is 0 Å². The van der Waals surface area contributed by atoms with E-state index in [0.29, 0.717) is 31.5 Å². The average molecular weight is 432 g/mol. The van der Waals surface area contributed by atoms with Gasteiger partial charge in [0.1, 0.15) is 5.69 Å². The van der Waals surface area contributed by atoms with Gasteiger partial charge >= 0.3 is 0 Å². The Hall–Kier alpha value is -2.52. The van der Waals surface area contributed by atoms with Crippen LogP contribution in [-0.4, -0.2) is 83.8 Å². The Morgan fingerprint density at radius 3 is 2.23 bits per heavy atom. The van der Waals surface area contributed by atoms with Gasteiger partial charge in [0.2, 0.25) is 11.8 Å². The maximum Gasteiger partial charge on any atom is 0.293 e. The molecule has 3 rings (SSSR count). The van der Waals surface area contributed by atoms with Crippen LogP contribution in [0.5, 0.6) is 0 Å². The molecule has 2 atom stereocenters. The molecule has 2 heterocycles. The summed E-state index contributed by atoms with van der Waals surface area (Å²) in [6, 6.07) is 4.76. The molecule has 2 amide bonds. The molecule has 0 aliphatic carbocycles. The number of nitrogens with one attached hydrogen (secondary N) is 1. The summed E-state index contributed by atoms with van der Waals surface area (Å²) in [4.78, 5) is 42.0. The third-order valence-electron chi connectivity index (χ3n) is 6.04. The van der Waals surface area contributed by atoms with E-state index in [1.165, 1.54) is 12.5 Å². The molecule has 0 bridgehead atoms. The van der Waals surface area contributed by atoms with E-state index in [1.807, 2.05) is 9.80 Å². The van der Waals surface area contributed by atoms with Gasteiger partial charge in [-0.25, -0.2) is 0 Å². The lowest BCUT2D eigenvalue weighted by molar-refractivity contribution is -0.384. The van der Waals surface area contributed by atoms with E-state index >= 15 is 0 Å². The Labute approximate surface area is 183 Å². The van der Waals surface area contributed by atoms with Gasteiger partial charge in [0, 0.05) is 45.3 Å². The molecule has 170 valence electrons. The minimum absolute atomic E-state index is 0.0990. The minimum atomic E-state index is -0.484. The van der Waals surface area contributed by atoms with E-state index in [1.54, 1.807) is 19.1 Å². The second-order valence-electron chi connectivity index (χ2n) is 9.12. The zero-order chi connectivity index (χ0) is 22.5. The molecule has 1 aromatic rings. The minimum Gasteiger partial charge on any atom is -0.341 e. The first-order valence-corrected chi connectivity index (χ1v) is 11.0. The molecule has 0 radical (unpaired) electrons. The number of carbonyl (C=O) groups excluding carboxylic acids is 2. The third-order valence-corrected chi connectivity index (χ3v) is 6.04. The summed E-state index contributed by atoms with van der Waals surface area (Å²) >= 11 is 0. The molecule has 0 unspecified atom stereocenters. The molecule has 1 aromatic carbocycles. The summed E-state index contributed by atoms with van der Waals surface area (Å²) < 4.78 is 0. The van der Waals surface area contributed by atoms with Crippen molar-refractivity contribution in [3.05, 3.63) is 33.9 Å². The lowest BCUT2D eigenvalue weighted by atomic mass is 9.92. The average Bonchev–Trinajstić information content (AvgIpc) is 2.70. The fourth-order valence-corrected chi connectivity index (χ4v) is 4.55. The standard InChI is InChI=1S/C22H33N5O4/c1-16-4-5-19(20(11-16)27(30)31)23-21(28)14-24-6-8-25(9-7-24)15-22(29)26-12-17(2)10-18(3)13-26/h4-5,11,17-18H,6-10,12-15H2,1-3H3,(H,23,28)/t17-,18-/m0/s1. The van der Waals surface area contributed by atoms with Gasteiger partial charge in [-0.05, 0) is 36.8 Å². The number of nitro groups is 1. The van der Waals surface area contributed by atoms with Crippen molar-refractivity contribution >= 4 is 23.2 Å². The fraction of sp³-hybridized carbons (Fsp3) is 0.636. The highest BCUT2D eigenvalue weighted by Gasteiger charge is 2.28. The van der Waals surface area contributed by atoms with E-state index in [2.05, 4.69) is 24.1 Å². The molecule has 9 heteroatoms. The topological polar surface area (TPSA) is 99.0 Å². The van der Waals surface area contributed by atoms with Crippen LogP contribution in [0.15, 0.2) is 18.2 Å². The summed E-state index contributed by atoms with van der Waals surface area (Å²) in [5.74, 6) is 1.02. The van der Waals surface area contributed by atoms with Crippen molar-refractivity contribution in [3.8, 4) is 0 Å². The number of likely N-dealkylation sites (tertiary alicyclic amines) is 1. The molecule has 1 N–H and O–H groups in total. The quantitative estimate of drug-likeness (QED) is 0.546. The van der Waals surface area contributed by atoms with Crippen molar-refractivity contribution in [2.75, 3.05) is 57.7 Å². The maximum atomic E-state index is 12.7. The fourth-order valence-electron chi connectivity index (χ4n) is 4.55. The third kappa shape index (κ3) is 6.48. The summed E-state index contributed by atoms with van der Waals surface area (Å²) in [6.07, 6.45) is 1.18. The molecular formula is C22H33N5O4. The van der Waals surface area contributed by atoms with E-state index < -0.39 is 4.92 Å². The molecular weight excluding hydrogens is 398 g/mol. The number of piperidine rings is 1. The van der Waals surface area contributed by atoms with Gasteiger partial charge in [-0.3, -0.25) is 29.5 Å². The van der Waals surface area contributed by atoms with Gasteiger partial charge in [0.05, 0.1) is 18.0 Å². The lowest BCUT2D eigenvalue weighted by Gasteiger charge is -2.38. The van der Waals surface area contributed by atoms with E-state index in [9.17, 15) is 19.7 Å². The van der Waals surface area contributed by atoms with Gasteiger partial charge < -0.3 is 10.2 Å². The number of anilines is 1. The number of hydrogen-bond donors (Lipinski definition) is 1. The predicted molar refractivity (Wildman–Crippen MR) is 119 cm³/mol. The molecule has 2 aliphatic heterocycles. The van der Waals surface area contributed by atoms with Crippen molar-refractivity contribution in [1.29, 1.82) is 0 Å². The van der Waals surface area contributed by atoms with Crippen LogP contribution < -0.4 is 5.32 Å². The Morgan fingerprint density at radius 1 is 1.06 bits per heavy atom. The first-order valence-electron chi connectivity index (χ1n) is 11.0. The van der Waals surface area contributed by atoms with Crippen molar-refractivity contribution in [2.24, 2.45) is 11.8 Å². The first-order chi connectivity index (χ1) is 14.7. The monoisotopic (exact) mass is 431 g/mol. The van der Waals surface area contributed by atoms with Crippen LogP contribution in [0.2, 0.25) is 0 Å². The van der Waals surface area contributed by atoms with Crippen LogP contribution in [-0.2, 0) is 9.59 Å². The van der Waals surface area contributed by atoms with Crippen molar-refractivity contribution < 1.29 is 14.5 Å². The van der Waals surface area contributed by atoms with E-state index in [0.717, 1.165) is 31.7 Å². The second-order valence-corrected chi connectivity index (χ2v) is 9.12. The molecule has 0 saturated carbocycles. The number of carbonyl (C=O) groups is 2. The van der Waals surface area contributed by atoms with Gasteiger partial charge in [-0.15, -0.1) is 0 Å². The number of rotatable bonds is 6. The summed E-state index contributed by atoms with van der Waals surface area (Å²) in [5.41, 5.74) is 0.886. The summed E-state index contributed by atoms with van der Waals surface area (Å²) in [5, 5.41) is 13.9. The number of nitrogens with zero attached hydrogens (tertiary/aromatic N) is 4. The van der Waals surface area contributed by atoms with Gasteiger partial charge in [-0.2, -0.15) is 0 Å². The number of piperazine rings is 1. The Bertz CT molecular complexity index is 812. The molecule has 9 nitrogen and oxygen atoms in total. The number of amides is 2. The smallest absolute Gasteiger partial charge is 0.293 e. The van der Waals surface area contributed by atoms with Crippen LogP contribution in [0.4, 0.5) is 11.4 Å². The molecule has 0 aromatic heterocycles. The van der Waals surface area contributed by atoms with Crippen molar-refractivity contribution in [2.45, 2.75) is 27.2 Å². The van der Waals surface area contributed by atoms with Crippen LogP contribution in [0.3, 0.4) is 0 Å². The SMILES string of the molecule is Cc1ccc(NC(=O)CN2CCN(CC(=O)N3C[C@@H](C)C[C@H](C)C3)CC2)c([N+](=O)[O-])c1. The predicted octanol–water partition coefficient (Wildman–Crippen LogP) is 1.96. The lowest BCUT2D eigenvalue weighted by Crippen LogP contribution is -2.52. The molecule has 0 spiro atoms. The van der Waals surface area contributed by atoms with Crippen LogP contribution >= 0.6 is 0 Å². The zero-order valence-corrected chi connectivity index (χ0v) is 18.7. The molecule has 2 saturated heterocycles. The molecule has 2 fully saturated rings. The number of benzene rings is 1. The largest absolute Gasteiger partial charge is 0.341 e. The number of aryl methyl sites for hydroxylation is 1. The van der Waals surface area contributed by atoms with E-state index in [-0.39, 0.29) is 29.7 Å². The Morgan fingerprint density at radius 2 is 1.65 bits per heavy atom. The highest BCUT2D eigenvalue weighted by atomic mass is 16.6. The van der Waals surface area contributed by atoms with Crippen molar-refractivity contribution in [1.82, 2.24) is 14.7 Å². The highest BCUT2D eigenvalue weighted by Crippen LogP contribution is 2.25.